The summed E-state index contributed by atoms with van der Waals surface area (Å²) in [5.41, 5.74) is 4.96. The molecule has 0 amide bonds. The highest BCUT2D eigenvalue weighted by atomic mass is 16.5. The molecule has 0 N–H and O–H groups in total. The second-order valence-electron chi connectivity index (χ2n) is 7.69. The molecule has 2 heterocycles. The molecule has 1 fully saturated rings. The van der Waals surface area contributed by atoms with Gasteiger partial charge in [-0.05, 0) is 61.7 Å². The van der Waals surface area contributed by atoms with Crippen molar-refractivity contribution in [2.24, 2.45) is 0 Å². The number of ether oxygens (including phenoxy) is 1. The molecule has 152 valence electrons. The summed E-state index contributed by atoms with van der Waals surface area (Å²) in [5, 5.41) is 1.04. The van der Waals surface area contributed by atoms with Gasteiger partial charge in [0.15, 0.2) is 0 Å². The molecule has 0 aliphatic carbocycles. The summed E-state index contributed by atoms with van der Waals surface area (Å²) in [5.74, 6) is 0.945. The van der Waals surface area contributed by atoms with Gasteiger partial charge in [-0.25, -0.2) is 4.79 Å². The van der Waals surface area contributed by atoms with Crippen LogP contribution in [0.3, 0.4) is 0 Å². The SMILES string of the molecule is CCOc1ccccc1N1CCN(Cc2cc(=O)oc3cc(C)c(C)cc23)CC1. The van der Waals surface area contributed by atoms with E-state index in [1.807, 2.05) is 32.0 Å². The summed E-state index contributed by atoms with van der Waals surface area (Å²) in [7, 11) is 0. The van der Waals surface area contributed by atoms with Gasteiger partial charge in [-0.3, -0.25) is 4.90 Å². The van der Waals surface area contributed by atoms with Crippen LogP contribution >= 0.6 is 0 Å². The minimum absolute atomic E-state index is 0.278. The Bertz CT molecular complexity index is 1070. The molecular weight excluding hydrogens is 364 g/mol. The number of para-hydroxylation sites is 2. The van der Waals surface area contributed by atoms with Gasteiger partial charge >= 0.3 is 5.63 Å². The number of fused-ring (bicyclic) bond motifs is 1. The molecule has 1 aliphatic heterocycles. The Morgan fingerprint density at radius 2 is 1.72 bits per heavy atom. The molecule has 1 aromatic heterocycles. The molecule has 0 bridgehead atoms. The lowest BCUT2D eigenvalue weighted by Crippen LogP contribution is -2.46. The van der Waals surface area contributed by atoms with Crippen molar-refractivity contribution < 1.29 is 9.15 Å². The van der Waals surface area contributed by atoms with E-state index in [-0.39, 0.29) is 5.63 Å². The van der Waals surface area contributed by atoms with Gasteiger partial charge in [0.1, 0.15) is 11.3 Å². The van der Waals surface area contributed by atoms with E-state index in [1.165, 1.54) is 5.56 Å². The predicted octanol–water partition coefficient (Wildman–Crippen LogP) is 4.13. The molecule has 2 aromatic carbocycles. The van der Waals surface area contributed by atoms with Gasteiger partial charge in [0.2, 0.25) is 0 Å². The third kappa shape index (κ3) is 4.15. The van der Waals surface area contributed by atoms with Crippen LogP contribution in [0.5, 0.6) is 5.75 Å². The summed E-state index contributed by atoms with van der Waals surface area (Å²) in [6.07, 6.45) is 0. The first-order valence-corrected chi connectivity index (χ1v) is 10.3. The second kappa shape index (κ2) is 8.29. The Hall–Kier alpha value is -2.79. The largest absolute Gasteiger partial charge is 0.492 e. The van der Waals surface area contributed by atoms with Gasteiger partial charge < -0.3 is 14.1 Å². The number of benzene rings is 2. The fourth-order valence-electron chi connectivity index (χ4n) is 4.00. The molecule has 0 radical (unpaired) electrons. The summed E-state index contributed by atoms with van der Waals surface area (Å²) in [6.45, 7) is 11.3. The summed E-state index contributed by atoms with van der Waals surface area (Å²) in [6, 6.07) is 14.0. The number of aryl methyl sites for hydroxylation is 2. The minimum atomic E-state index is -0.278. The van der Waals surface area contributed by atoms with Crippen molar-refractivity contribution in [1.82, 2.24) is 4.90 Å². The maximum Gasteiger partial charge on any atom is 0.336 e. The van der Waals surface area contributed by atoms with Crippen LogP contribution in [0.15, 0.2) is 51.7 Å². The van der Waals surface area contributed by atoms with Crippen LogP contribution in [0.25, 0.3) is 11.0 Å². The molecule has 4 rings (SSSR count). The van der Waals surface area contributed by atoms with E-state index in [9.17, 15) is 4.79 Å². The zero-order chi connectivity index (χ0) is 20.4. The standard InChI is InChI=1S/C24H28N2O3/c1-4-28-22-8-6-5-7-21(22)26-11-9-25(10-12-26)16-19-15-24(27)29-23-14-18(3)17(2)13-20(19)23/h5-8,13-15H,4,9-12,16H2,1-3H3. The Kier molecular flexibility index (Phi) is 5.58. The maximum absolute atomic E-state index is 12.1. The van der Waals surface area contributed by atoms with E-state index in [0.717, 1.165) is 60.7 Å². The van der Waals surface area contributed by atoms with Crippen molar-refractivity contribution in [3.63, 3.8) is 0 Å². The topological polar surface area (TPSA) is 45.9 Å². The molecule has 5 heteroatoms. The highest BCUT2D eigenvalue weighted by molar-refractivity contribution is 5.81. The van der Waals surface area contributed by atoms with Crippen LogP contribution in [-0.4, -0.2) is 37.7 Å². The van der Waals surface area contributed by atoms with E-state index in [1.54, 1.807) is 6.07 Å². The first-order valence-electron chi connectivity index (χ1n) is 10.3. The Balaban J connectivity index is 1.51. The lowest BCUT2D eigenvalue weighted by molar-refractivity contribution is 0.249. The molecular formula is C24H28N2O3. The van der Waals surface area contributed by atoms with E-state index in [0.29, 0.717) is 12.2 Å². The number of anilines is 1. The Labute approximate surface area is 171 Å². The Morgan fingerprint density at radius 1 is 1.00 bits per heavy atom. The van der Waals surface area contributed by atoms with Crippen molar-refractivity contribution in [3.8, 4) is 5.75 Å². The summed E-state index contributed by atoms with van der Waals surface area (Å²) in [4.78, 5) is 16.9. The van der Waals surface area contributed by atoms with Crippen LogP contribution in [0.4, 0.5) is 5.69 Å². The van der Waals surface area contributed by atoms with Gasteiger partial charge in [-0.2, -0.15) is 0 Å². The quantitative estimate of drug-likeness (QED) is 0.611. The average Bonchev–Trinajstić information content (AvgIpc) is 2.71. The Morgan fingerprint density at radius 3 is 2.48 bits per heavy atom. The fourth-order valence-corrected chi connectivity index (χ4v) is 4.00. The fraction of sp³-hybridized carbons (Fsp3) is 0.375. The van der Waals surface area contributed by atoms with Crippen molar-refractivity contribution in [3.05, 3.63) is 69.6 Å². The van der Waals surface area contributed by atoms with Crippen LogP contribution in [0.1, 0.15) is 23.6 Å². The molecule has 0 saturated carbocycles. The lowest BCUT2D eigenvalue weighted by atomic mass is 10.0. The lowest BCUT2D eigenvalue weighted by Gasteiger charge is -2.36. The minimum Gasteiger partial charge on any atom is -0.492 e. The van der Waals surface area contributed by atoms with Crippen molar-refractivity contribution in [2.75, 3.05) is 37.7 Å². The second-order valence-corrected chi connectivity index (χ2v) is 7.69. The number of piperazine rings is 1. The first kappa shape index (κ1) is 19.5. The summed E-state index contributed by atoms with van der Waals surface area (Å²) < 4.78 is 11.2. The van der Waals surface area contributed by atoms with Gasteiger partial charge in [-0.1, -0.05) is 12.1 Å². The normalized spacial score (nSPS) is 15.1. The molecule has 0 spiro atoms. The zero-order valence-corrected chi connectivity index (χ0v) is 17.4. The third-order valence-corrected chi connectivity index (χ3v) is 5.72. The number of nitrogens with zero attached hydrogens (tertiary/aromatic N) is 2. The van der Waals surface area contributed by atoms with Crippen LogP contribution in [0.2, 0.25) is 0 Å². The van der Waals surface area contributed by atoms with Gasteiger partial charge in [0, 0.05) is 44.2 Å². The van der Waals surface area contributed by atoms with E-state index >= 15 is 0 Å². The summed E-state index contributed by atoms with van der Waals surface area (Å²) >= 11 is 0. The van der Waals surface area contributed by atoms with E-state index in [4.69, 9.17) is 9.15 Å². The van der Waals surface area contributed by atoms with Crippen LogP contribution < -0.4 is 15.3 Å². The van der Waals surface area contributed by atoms with Gasteiger partial charge in [0.05, 0.1) is 12.3 Å². The molecule has 0 atom stereocenters. The smallest absolute Gasteiger partial charge is 0.336 e. The molecule has 5 nitrogen and oxygen atoms in total. The molecule has 1 saturated heterocycles. The van der Waals surface area contributed by atoms with Crippen molar-refractivity contribution in [1.29, 1.82) is 0 Å². The molecule has 1 aliphatic rings. The van der Waals surface area contributed by atoms with E-state index < -0.39 is 0 Å². The zero-order valence-electron chi connectivity index (χ0n) is 17.4. The first-order chi connectivity index (χ1) is 14.0. The monoisotopic (exact) mass is 392 g/mol. The average molecular weight is 392 g/mol. The van der Waals surface area contributed by atoms with Crippen LogP contribution in [0, 0.1) is 13.8 Å². The molecule has 3 aromatic rings. The number of hydrogen-bond donors (Lipinski definition) is 0. The highest BCUT2D eigenvalue weighted by Crippen LogP contribution is 2.29. The number of hydrogen-bond acceptors (Lipinski definition) is 5. The van der Waals surface area contributed by atoms with Crippen LogP contribution in [-0.2, 0) is 6.54 Å². The highest BCUT2D eigenvalue weighted by Gasteiger charge is 2.21. The van der Waals surface area contributed by atoms with Crippen molar-refractivity contribution >= 4 is 16.7 Å². The molecule has 29 heavy (non-hydrogen) atoms. The predicted molar refractivity (Wildman–Crippen MR) is 117 cm³/mol. The number of rotatable bonds is 5. The van der Waals surface area contributed by atoms with Gasteiger partial charge in [0.25, 0.3) is 0 Å². The molecule has 0 unspecified atom stereocenters. The third-order valence-electron chi connectivity index (χ3n) is 5.72. The van der Waals surface area contributed by atoms with E-state index in [2.05, 4.69) is 34.9 Å². The van der Waals surface area contributed by atoms with Gasteiger partial charge in [-0.15, -0.1) is 0 Å². The maximum atomic E-state index is 12.1. The van der Waals surface area contributed by atoms with Crippen molar-refractivity contribution in [2.45, 2.75) is 27.3 Å².